The van der Waals surface area contributed by atoms with Crippen molar-refractivity contribution in [3.8, 4) is 11.5 Å². The van der Waals surface area contributed by atoms with E-state index in [2.05, 4.69) is 0 Å². The first-order valence-corrected chi connectivity index (χ1v) is 11.6. The second-order valence-corrected chi connectivity index (χ2v) is 9.13. The van der Waals surface area contributed by atoms with Gasteiger partial charge in [0.2, 0.25) is 0 Å². The normalized spacial score (nSPS) is 17.4. The van der Waals surface area contributed by atoms with Gasteiger partial charge in [-0.2, -0.15) is 0 Å². The summed E-state index contributed by atoms with van der Waals surface area (Å²) in [6.45, 7) is 1.83. The van der Waals surface area contributed by atoms with E-state index in [-0.39, 0.29) is 32.7 Å². The molecule has 1 fully saturated rings. The number of carbonyl (C=O) groups excluding carboxylic acids is 2. The number of benzene rings is 2. The number of nitrogens with zero attached hydrogens (tertiary/aromatic N) is 1. The lowest BCUT2D eigenvalue weighted by atomic mass is 9.97. The number of methoxy groups -OCH3 is 2. The predicted molar refractivity (Wildman–Crippen MR) is 130 cm³/mol. The van der Waals surface area contributed by atoms with E-state index in [0.29, 0.717) is 10.6 Å². The van der Waals surface area contributed by atoms with Crippen molar-refractivity contribution in [3.05, 3.63) is 79.2 Å². The number of amides is 1. The highest BCUT2D eigenvalue weighted by Gasteiger charge is 2.48. The average molecular weight is 522 g/mol. The number of hydrogen-bond donors (Lipinski definition) is 1. The first kappa shape index (κ1) is 24.1. The topological polar surface area (TPSA) is 76.1 Å². The van der Waals surface area contributed by atoms with Crippen LogP contribution in [0.5, 0.6) is 11.5 Å². The lowest BCUT2D eigenvalue weighted by Gasteiger charge is -2.25. The fourth-order valence-corrected chi connectivity index (χ4v) is 5.62. The minimum atomic E-state index is -0.963. The minimum Gasteiger partial charge on any atom is -0.507 e. The van der Waals surface area contributed by atoms with E-state index in [1.165, 1.54) is 60.8 Å². The molecule has 34 heavy (non-hydrogen) atoms. The molecule has 10 heteroatoms. The van der Waals surface area contributed by atoms with E-state index in [9.17, 15) is 19.1 Å². The van der Waals surface area contributed by atoms with Crippen LogP contribution in [0.2, 0.25) is 10.0 Å². The number of rotatable bonds is 5. The zero-order valence-corrected chi connectivity index (χ0v) is 20.5. The molecule has 1 atom stereocenters. The van der Waals surface area contributed by atoms with Gasteiger partial charge in [-0.15, -0.1) is 11.3 Å². The van der Waals surface area contributed by atoms with Crippen LogP contribution < -0.4 is 14.4 Å². The molecule has 0 spiro atoms. The fraction of sp³-hybridized carbons (Fsp3) is 0.167. The Morgan fingerprint density at radius 2 is 1.74 bits per heavy atom. The number of Topliss-reactive ketones (excluding diaryl/α,β-unsaturated/α-hetero) is 1. The maximum atomic E-state index is 13.6. The molecule has 1 N–H and O–H groups in total. The predicted octanol–water partition coefficient (Wildman–Crippen LogP) is 6.15. The van der Waals surface area contributed by atoms with Gasteiger partial charge in [0.25, 0.3) is 11.7 Å². The van der Waals surface area contributed by atoms with Crippen LogP contribution in [0.4, 0.5) is 10.1 Å². The summed E-state index contributed by atoms with van der Waals surface area (Å²) in [5.41, 5.74) is 0.968. The van der Waals surface area contributed by atoms with Crippen LogP contribution in [0.1, 0.15) is 22.0 Å². The van der Waals surface area contributed by atoms with E-state index in [1.54, 1.807) is 0 Å². The smallest absolute Gasteiger partial charge is 0.300 e. The average Bonchev–Trinajstić information content (AvgIpc) is 3.34. The van der Waals surface area contributed by atoms with Crippen molar-refractivity contribution < 1.29 is 28.6 Å². The van der Waals surface area contributed by atoms with Gasteiger partial charge in [-0.05, 0) is 54.3 Å². The molecule has 0 radical (unpaired) electrons. The molecule has 3 aromatic rings. The summed E-state index contributed by atoms with van der Waals surface area (Å²) in [4.78, 5) is 28.4. The van der Waals surface area contributed by atoms with Crippen LogP contribution in [-0.2, 0) is 9.59 Å². The third-order valence-corrected chi connectivity index (χ3v) is 7.19. The van der Waals surface area contributed by atoms with E-state index in [1.807, 2.05) is 18.4 Å². The Morgan fingerprint density at radius 3 is 2.29 bits per heavy atom. The first-order chi connectivity index (χ1) is 16.2. The molecule has 0 aliphatic carbocycles. The summed E-state index contributed by atoms with van der Waals surface area (Å²) in [5, 5.41) is 13.3. The number of aryl methyl sites for hydroxylation is 1. The Kier molecular flexibility index (Phi) is 6.58. The molecule has 1 aliphatic rings. The number of aliphatic hydroxyl groups excluding tert-OH is 1. The maximum absolute atomic E-state index is 13.6. The third kappa shape index (κ3) is 3.81. The van der Waals surface area contributed by atoms with Gasteiger partial charge in [0.1, 0.15) is 22.6 Å². The zero-order chi connectivity index (χ0) is 24.7. The van der Waals surface area contributed by atoms with Gasteiger partial charge in [-0.3, -0.25) is 14.5 Å². The molecule has 4 rings (SSSR count). The lowest BCUT2D eigenvalue weighted by molar-refractivity contribution is -0.132. The summed E-state index contributed by atoms with van der Waals surface area (Å²) < 4.78 is 24.1. The number of halogens is 3. The Bertz CT molecular complexity index is 1340. The third-order valence-electron chi connectivity index (χ3n) is 5.49. The van der Waals surface area contributed by atoms with Crippen LogP contribution in [0.25, 0.3) is 5.76 Å². The van der Waals surface area contributed by atoms with Crippen molar-refractivity contribution in [2.45, 2.75) is 13.0 Å². The number of hydrogen-bond acceptors (Lipinski definition) is 6. The van der Waals surface area contributed by atoms with Crippen LogP contribution >= 0.6 is 34.5 Å². The number of ether oxygens (including phenoxy) is 2. The highest BCUT2D eigenvalue weighted by Crippen LogP contribution is 2.49. The van der Waals surface area contributed by atoms with Crippen molar-refractivity contribution >= 4 is 57.7 Å². The molecule has 1 aromatic heterocycles. The molecule has 0 bridgehead atoms. The van der Waals surface area contributed by atoms with E-state index >= 15 is 0 Å². The van der Waals surface area contributed by atoms with Crippen molar-refractivity contribution in [2.24, 2.45) is 0 Å². The molecule has 2 heterocycles. The maximum Gasteiger partial charge on any atom is 0.300 e. The van der Waals surface area contributed by atoms with Crippen LogP contribution in [0.3, 0.4) is 0 Å². The summed E-state index contributed by atoms with van der Waals surface area (Å²) in [7, 11) is 2.71. The first-order valence-electron chi connectivity index (χ1n) is 9.92. The van der Waals surface area contributed by atoms with Crippen LogP contribution in [-0.4, -0.2) is 31.0 Å². The fourth-order valence-electron chi connectivity index (χ4n) is 3.90. The molecule has 2 aromatic carbocycles. The van der Waals surface area contributed by atoms with Gasteiger partial charge in [0.05, 0.1) is 30.4 Å². The second-order valence-electron chi connectivity index (χ2n) is 7.40. The van der Waals surface area contributed by atoms with Crippen molar-refractivity contribution in [2.75, 3.05) is 19.1 Å². The quantitative estimate of drug-likeness (QED) is 0.247. The molecule has 1 unspecified atom stereocenters. The van der Waals surface area contributed by atoms with Gasteiger partial charge in [0, 0.05) is 10.6 Å². The van der Waals surface area contributed by atoms with Crippen molar-refractivity contribution in [1.29, 1.82) is 0 Å². The SMILES string of the molecule is COc1c(Cl)cc(/C(O)=C2\C(=O)C(=O)N(c3ccc(F)cc3)C2c2sccc2C)c(OC)c1Cl. The Morgan fingerprint density at radius 1 is 1.09 bits per heavy atom. The molecule has 176 valence electrons. The van der Waals surface area contributed by atoms with Crippen LogP contribution in [0, 0.1) is 12.7 Å². The van der Waals surface area contributed by atoms with E-state index in [0.717, 1.165) is 5.56 Å². The molecular weight excluding hydrogens is 504 g/mol. The summed E-state index contributed by atoms with van der Waals surface area (Å²) >= 11 is 14.0. The Labute approximate surface area is 208 Å². The standard InChI is InChI=1S/C24H18Cl2FNO5S/c1-11-8-9-34-23(11)18-16(20(30)24(31)28(18)13-6-4-12(27)5-7-13)19(29)14-10-15(25)22(33-3)17(26)21(14)32-2/h4-10,18,29H,1-3H3/b19-16+. The molecule has 1 amide bonds. The number of carbonyl (C=O) groups is 2. The monoisotopic (exact) mass is 521 g/mol. The Hall–Kier alpha value is -3.07. The number of thiophene rings is 1. The largest absolute Gasteiger partial charge is 0.507 e. The zero-order valence-electron chi connectivity index (χ0n) is 18.2. The number of aliphatic hydroxyl groups is 1. The lowest BCUT2D eigenvalue weighted by Crippen LogP contribution is -2.29. The van der Waals surface area contributed by atoms with Gasteiger partial charge in [-0.1, -0.05) is 23.2 Å². The molecule has 6 nitrogen and oxygen atoms in total. The van der Waals surface area contributed by atoms with Gasteiger partial charge in [-0.25, -0.2) is 4.39 Å². The summed E-state index contributed by atoms with van der Waals surface area (Å²) in [5.74, 6) is -2.62. The van der Waals surface area contributed by atoms with E-state index < -0.39 is 29.3 Å². The molecule has 1 aliphatic heterocycles. The van der Waals surface area contributed by atoms with E-state index in [4.69, 9.17) is 32.7 Å². The minimum absolute atomic E-state index is 0.00401. The molecular formula is C24H18Cl2FNO5S. The van der Waals surface area contributed by atoms with Crippen molar-refractivity contribution in [3.63, 3.8) is 0 Å². The highest BCUT2D eigenvalue weighted by atomic mass is 35.5. The number of ketones is 1. The molecule has 0 saturated carbocycles. The second kappa shape index (κ2) is 9.29. The molecule has 1 saturated heterocycles. The summed E-state index contributed by atoms with van der Waals surface area (Å²) in [6.07, 6.45) is 0. The summed E-state index contributed by atoms with van der Waals surface area (Å²) in [6, 6.07) is 7.42. The van der Waals surface area contributed by atoms with Crippen LogP contribution in [0.15, 0.2) is 47.4 Å². The van der Waals surface area contributed by atoms with Gasteiger partial charge < -0.3 is 14.6 Å². The van der Waals surface area contributed by atoms with Gasteiger partial charge >= 0.3 is 0 Å². The Balaban J connectivity index is 2.01. The number of anilines is 1. The highest BCUT2D eigenvalue weighted by molar-refractivity contribution is 7.10. The van der Waals surface area contributed by atoms with Gasteiger partial charge in [0.15, 0.2) is 11.5 Å². The van der Waals surface area contributed by atoms with Crippen molar-refractivity contribution in [1.82, 2.24) is 0 Å².